The minimum Gasteiger partial charge on any atom is -0.398 e. The van der Waals surface area contributed by atoms with E-state index >= 15 is 0 Å². The lowest BCUT2D eigenvalue weighted by Gasteiger charge is -2.18. The molecule has 0 aliphatic carbocycles. The SMILES string of the molecule is CN(C(=O)c1ccccc1N)c1cccnc1Cl. The fraction of sp³-hybridized carbons (Fsp3) is 0.0769. The number of benzene rings is 1. The number of amides is 1. The number of pyridine rings is 1. The van der Waals surface area contributed by atoms with Crippen molar-refractivity contribution in [2.24, 2.45) is 0 Å². The van der Waals surface area contributed by atoms with E-state index in [0.29, 0.717) is 16.9 Å². The molecule has 1 amide bonds. The predicted molar refractivity (Wildman–Crippen MR) is 72.8 cm³/mol. The molecule has 2 N–H and O–H groups in total. The summed E-state index contributed by atoms with van der Waals surface area (Å²) in [5.74, 6) is -0.219. The summed E-state index contributed by atoms with van der Waals surface area (Å²) in [5.41, 5.74) is 7.21. The van der Waals surface area contributed by atoms with Crippen LogP contribution >= 0.6 is 11.6 Å². The Bertz CT molecular complexity index is 586. The Balaban J connectivity index is 2.36. The lowest BCUT2D eigenvalue weighted by atomic mass is 10.1. The highest BCUT2D eigenvalue weighted by Gasteiger charge is 2.17. The second-order valence-electron chi connectivity index (χ2n) is 3.76. The molecule has 0 fully saturated rings. The van der Waals surface area contributed by atoms with Gasteiger partial charge in [0.1, 0.15) is 0 Å². The topological polar surface area (TPSA) is 59.2 Å². The standard InChI is InChI=1S/C13H12ClN3O/c1-17(11-7-4-8-16-12(11)14)13(18)9-5-2-3-6-10(9)15/h2-8H,15H2,1H3. The van der Waals surface area contributed by atoms with Crippen molar-refractivity contribution in [2.75, 3.05) is 17.7 Å². The summed E-state index contributed by atoms with van der Waals surface area (Å²) in [6.45, 7) is 0. The molecule has 5 heteroatoms. The maximum absolute atomic E-state index is 12.3. The average molecular weight is 262 g/mol. The molecule has 0 bridgehead atoms. The molecule has 18 heavy (non-hydrogen) atoms. The molecule has 92 valence electrons. The van der Waals surface area contributed by atoms with Gasteiger partial charge in [-0.1, -0.05) is 23.7 Å². The van der Waals surface area contributed by atoms with Crippen LogP contribution in [0.5, 0.6) is 0 Å². The Labute approximate surface area is 110 Å². The molecule has 2 aromatic rings. The van der Waals surface area contributed by atoms with Crippen molar-refractivity contribution in [3.05, 3.63) is 53.3 Å². The number of nitrogens with zero attached hydrogens (tertiary/aromatic N) is 2. The van der Waals surface area contributed by atoms with Gasteiger partial charge in [-0.05, 0) is 24.3 Å². The zero-order valence-electron chi connectivity index (χ0n) is 9.80. The van der Waals surface area contributed by atoms with E-state index in [4.69, 9.17) is 17.3 Å². The molecule has 1 aromatic carbocycles. The Morgan fingerprint density at radius 1 is 1.28 bits per heavy atom. The average Bonchev–Trinajstić information content (AvgIpc) is 2.38. The van der Waals surface area contributed by atoms with Crippen molar-refractivity contribution in [1.82, 2.24) is 4.98 Å². The smallest absolute Gasteiger partial charge is 0.260 e. The number of carbonyl (C=O) groups excluding carboxylic acids is 1. The molecular formula is C13H12ClN3O. The maximum Gasteiger partial charge on any atom is 0.260 e. The monoisotopic (exact) mass is 261 g/mol. The molecule has 0 aliphatic rings. The summed E-state index contributed by atoms with van der Waals surface area (Å²) in [5, 5.41) is 0.280. The van der Waals surface area contributed by atoms with Gasteiger partial charge in [-0.25, -0.2) is 4.98 Å². The number of aromatic nitrogens is 1. The van der Waals surface area contributed by atoms with Crippen LogP contribution < -0.4 is 10.6 Å². The summed E-state index contributed by atoms with van der Waals surface area (Å²) >= 11 is 5.95. The van der Waals surface area contributed by atoms with Crippen LogP contribution in [-0.4, -0.2) is 17.9 Å². The highest BCUT2D eigenvalue weighted by molar-refractivity contribution is 6.32. The number of para-hydroxylation sites is 1. The van der Waals surface area contributed by atoms with Crippen molar-refractivity contribution in [2.45, 2.75) is 0 Å². The Morgan fingerprint density at radius 3 is 2.67 bits per heavy atom. The zero-order valence-corrected chi connectivity index (χ0v) is 10.6. The van der Waals surface area contributed by atoms with Crippen LogP contribution in [0, 0.1) is 0 Å². The molecule has 0 saturated heterocycles. The van der Waals surface area contributed by atoms with Gasteiger partial charge in [-0.2, -0.15) is 0 Å². The minimum absolute atomic E-state index is 0.219. The van der Waals surface area contributed by atoms with Crippen LogP contribution in [0.2, 0.25) is 5.15 Å². The lowest BCUT2D eigenvalue weighted by Crippen LogP contribution is -2.27. The third-order valence-corrected chi connectivity index (χ3v) is 2.89. The predicted octanol–water partition coefficient (Wildman–Crippen LogP) is 2.59. The molecule has 0 spiro atoms. The van der Waals surface area contributed by atoms with Crippen molar-refractivity contribution in [3.8, 4) is 0 Å². The number of rotatable bonds is 2. The Kier molecular flexibility index (Phi) is 3.48. The van der Waals surface area contributed by atoms with E-state index in [9.17, 15) is 4.79 Å². The van der Waals surface area contributed by atoms with E-state index in [2.05, 4.69) is 4.98 Å². The molecule has 2 rings (SSSR count). The summed E-state index contributed by atoms with van der Waals surface area (Å²) in [6, 6.07) is 10.4. The van der Waals surface area contributed by atoms with E-state index in [-0.39, 0.29) is 11.1 Å². The van der Waals surface area contributed by atoms with Gasteiger partial charge < -0.3 is 10.6 Å². The highest BCUT2D eigenvalue weighted by Crippen LogP contribution is 2.24. The summed E-state index contributed by atoms with van der Waals surface area (Å²) in [4.78, 5) is 17.6. The van der Waals surface area contributed by atoms with Gasteiger partial charge in [-0.3, -0.25) is 4.79 Å². The maximum atomic E-state index is 12.3. The third-order valence-electron chi connectivity index (χ3n) is 2.60. The fourth-order valence-electron chi connectivity index (χ4n) is 1.61. The molecular weight excluding hydrogens is 250 g/mol. The fourth-order valence-corrected chi connectivity index (χ4v) is 1.86. The van der Waals surface area contributed by atoms with E-state index in [1.807, 2.05) is 0 Å². The summed E-state index contributed by atoms with van der Waals surface area (Å²) in [7, 11) is 1.64. The molecule has 1 heterocycles. The highest BCUT2D eigenvalue weighted by atomic mass is 35.5. The first-order valence-electron chi connectivity index (χ1n) is 5.34. The largest absolute Gasteiger partial charge is 0.398 e. The number of nitrogens with two attached hydrogens (primary N) is 1. The first-order chi connectivity index (χ1) is 8.61. The quantitative estimate of drug-likeness (QED) is 0.668. The minimum atomic E-state index is -0.219. The van der Waals surface area contributed by atoms with E-state index in [1.165, 1.54) is 4.90 Å². The number of hydrogen-bond acceptors (Lipinski definition) is 3. The lowest BCUT2D eigenvalue weighted by molar-refractivity contribution is 0.0994. The number of carbonyl (C=O) groups is 1. The van der Waals surface area contributed by atoms with Crippen molar-refractivity contribution in [3.63, 3.8) is 0 Å². The Hall–Kier alpha value is -2.07. The summed E-state index contributed by atoms with van der Waals surface area (Å²) < 4.78 is 0. The third kappa shape index (κ3) is 2.28. The number of nitrogen functional groups attached to an aromatic ring is 1. The zero-order chi connectivity index (χ0) is 13.1. The molecule has 1 aromatic heterocycles. The Morgan fingerprint density at radius 2 is 2.00 bits per heavy atom. The van der Waals surface area contributed by atoms with Crippen LogP contribution in [0.1, 0.15) is 10.4 Å². The molecule has 0 radical (unpaired) electrons. The van der Waals surface area contributed by atoms with Crippen molar-refractivity contribution in [1.29, 1.82) is 0 Å². The van der Waals surface area contributed by atoms with Gasteiger partial charge >= 0.3 is 0 Å². The normalized spacial score (nSPS) is 10.1. The van der Waals surface area contributed by atoms with E-state index < -0.39 is 0 Å². The first-order valence-corrected chi connectivity index (χ1v) is 5.72. The van der Waals surface area contributed by atoms with Gasteiger partial charge in [0.05, 0.1) is 11.3 Å². The van der Waals surface area contributed by atoms with E-state index in [0.717, 1.165) is 0 Å². The second-order valence-corrected chi connectivity index (χ2v) is 4.12. The van der Waals surface area contributed by atoms with Gasteiger partial charge in [-0.15, -0.1) is 0 Å². The van der Waals surface area contributed by atoms with Gasteiger partial charge in [0.25, 0.3) is 5.91 Å². The van der Waals surface area contributed by atoms with Crippen LogP contribution in [0.3, 0.4) is 0 Å². The molecule has 0 saturated carbocycles. The first kappa shape index (κ1) is 12.4. The number of anilines is 2. The van der Waals surface area contributed by atoms with E-state index in [1.54, 1.807) is 49.6 Å². The van der Waals surface area contributed by atoms with Crippen LogP contribution in [0.15, 0.2) is 42.6 Å². The molecule has 0 unspecified atom stereocenters. The van der Waals surface area contributed by atoms with Gasteiger partial charge in [0.15, 0.2) is 5.15 Å². The van der Waals surface area contributed by atoms with Gasteiger partial charge in [0, 0.05) is 18.9 Å². The molecule has 0 atom stereocenters. The van der Waals surface area contributed by atoms with Crippen molar-refractivity contribution >= 4 is 28.9 Å². The van der Waals surface area contributed by atoms with Crippen LogP contribution in [0.25, 0.3) is 0 Å². The molecule has 0 aliphatic heterocycles. The summed E-state index contributed by atoms with van der Waals surface area (Å²) in [6.07, 6.45) is 1.57. The molecule has 4 nitrogen and oxygen atoms in total. The number of hydrogen-bond donors (Lipinski definition) is 1. The van der Waals surface area contributed by atoms with Crippen LogP contribution in [-0.2, 0) is 0 Å². The van der Waals surface area contributed by atoms with Gasteiger partial charge in [0.2, 0.25) is 0 Å². The van der Waals surface area contributed by atoms with Crippen LogP contribution in [0.4, 0.5) is 11.4 Å². The number of halogens is 1. The second kappa shape index (κ2) is 5.06. The van der Waals surface area contributed by atoms with Crippen molar-refractivity contribution < 1.29 is 4.79 Å².